The van der Waals surface area contributed by atoms with E-state index in [0.717, 1.165) is 19.3 Å². The molecule has 178 valence electrons. The second-order valence-electron chi connectivity index (χ2n) is 12.8. The molecule has 0 saturated carbocycles. The Balaban J connectivity index is 3.10. The summed E-state index contributed by atoms with van der Waals surface area (Å²) in [6.45, 7) is 32.1. The first-order chi connectivity index (χ1) is 13.4. The van der Waals surface area contributed by atoms with Crippen LogP contribution < -0.4 is 5.48 Å². The molecular weight excluding hydrogens is 406 g/mol. The minimum absolute atomic E-state index is 0.0115. The lowest BCUT2D eigenvalue weighted by Crippen LogP contribution is -2.51. The van der Waals surface area contributed by atoms with Gasteiger partial charge in [-0.05, 0) is 61.4 Å². The van der Waals surface area contributed by atoms with Crippen LogP contribution in [-0.2, 0) is 13.7 Å². The van der Waals surface area contributed by atoms with Crippen LogP contribution >= 0.6 is 0 Å². The van der Waals surface area contributed by atoms with Crippen LogP contribution in [0.15, 0.2) is 12.7 Å². The number of hydrogen-bond donors (Lipinski definition) is 1. The minimum atomic E-state index is -1.97. The first kappa shape index (κ1) is 28.0. The molecule has 0 spiro atoms. The van der Waals surface area contributed by atoms with Gasteiger partial charge in [0.25, 0.3) is 0 Å². The molecule has 1 heterocycles. The molecule has 1 rings (SSSR count). The third-order valence-electron chi connectivity index (χ3n) is 7.43. The van der Waals surface area contributed by atoms with E-state index in [0.29, 0.717) is 12.5 Å². The van der Waals surface area contributed by atoms with E-state index in [1.54, 1.807) is 0 Å². The van der Waals surface area contributed by atoms with E-state index < -0.39 is 16.6 Å². The second kappa shape index (κ2) is 9.88. The summed E-state index contributed by atoms with van der Waals surface area (Å²) >= 11 is 0. The largest absolute Gasteiger partial charge is 0.414 e. The average molecular weight is 458 g/mol. The second-order valence-corrected chi connectivity index (χ2v) is 22.4. The lowest BCUT2D eigenvalue weighted by atomic mass is 9.82. The van der Waals surface area contributed by atoms with E-state index in [4.69, 9.17) is 13.7 Å². The Morgan fingerprint density at radius 3 is 2.03 bits per heavy atom. The lowest BCUT2D eigenvalue weighted by Gasteiger charge is -2.42. The van der Waals surface area contributed by atoms with Crippen molar-refractivity contribution in [3.8, 4) is 0 Å². The van der Waals surface area contributed by atoms with Gasteiger partial charge in [0.2, 0.25) is 0 Å². The summed E-state index contributed by atoms with van der Waals surface area (Å²) in [6, 6.07) is 0. The molecule has 0 radical (unpaired) electrons. The summed E-state index contributed by atoms with van der Waals surface area (Å²) < 4.78 is 13.6. The Bertz CT molecular complexity index is 564. The predicted molar refractivity (Wildman–Crippen MR) is 135 cm³/mol. The highest BCUT2D eigenvalue weighted by molar-refractivity contribution is 6.74. The molecule has 3 atom stereocenters. The maximum absolute atomic E-state index is 6.92. The molecule has 0 bridgehead atoms. The van der Waals surface area contributed by atoms with Crippen molar-refractivity contribution in [1.82, 2.24) is 5.48 Å². The van der Waals surface area contributed by atoms with Crippen LogP contribution in [0.1, 0.15) is 74.7 Å². The molecule has 1 fully saturated rings. The first-order valence-electron chi connectivity index (χ1n) is 11.7. The maximum Gasteiger partial charge on any atom is 0.192 e. The fraction of sp³-hybridized carbons (Fsp3) is 0.917. The highest BCUT2D eigenvalue weighted by Gasteiger charge is 2.48. The van der Waals surface area contributed by atoms with Crippen LogP contribution in [0, 0.1) is 5.92 Å². The first-order valence-corrected chi connectivity index (χ1v) is 17.5. The standard InChI is InChI=1S/C24H51NO3Si2/c1-14-15-24(16-19(2)3)17-20(27-25-24)21(28-30(12,13)23(7,8)9)18-26-29(10,11)22(4,5)6/h14,19-21,25H,1,15-18H2,2-13H3/t20-,21-,24-/m1/s1. The van der Waals surface area contributed by atoms with Crippen molar-refractivity contribution in [1.29, 1.82) is 0 Å². The fourth-order valence-corrected chi connectivity index (χ4v) is 5.89. The van der Waals surface area contributed by atoms with Crippen molar-refractivity contribution in [2.45, 2.75) is 129 Å². The zero-order valence-corrected chi connectivity index (χ0v) is 24.1. The smallest absolute Gasteiger partial charge is 0.192 e. The van der Waals surface area contributed by atoms with E-state index >= 15 is 0 Å². The van der Waals surface area contributed by atoms with Crippen molar-refractivity contribution in [3.05, 3.63) is 12.7 Å². The molecule has 4 nitrogen and oxygen atoms in total. The van der Waals surface area contributed by atoms with Crippen LogP contribution in [0.25, 0.3) is 0 Å². The van der Waals surface area contributed by atoms with Gasteiger partial charge in [0, 0.05) is 5.54 Å². The van der Waals surface area contributed by atoms with Gasteiger partial charge >= 0.3 is 0 Å². The van der Waals surface area contributed by atoms with Gasteiger partial charge in [-0.1, -0.05) is 61.5 Å². The normalized spacial score (nSPS) is 25.0. The Morgan fingerprint density at radius 1 is 1.07 bits per heavy atom. The van der Waals surface area contributed by atoms with E-state index in [9.17, 15) is 0 Å². The van der Waals surface area contributed by atoms with Crippen LogP contribution in [-0.4, -0.2) is 41.0 Å². The number of rotatable bonds is 10. The van der Waals surface area contributed by atoms with E-state index in [1.807, 2.05) is 6.08 Å². The molecule has 0 amide bonds. The molecule has 6 heteroatoms. The summed E-state index contributed by atoms with van der Waals surface area (Å²) in [7, 11) is -3.84. The number of hydrogen-bond acceptors (Lipinski definition) is 4. The zero-order chi connectivity index (χ0) is 23.6. The Labute approximate surface area is 189 Å². The Hall–Kier alpha value is 0.0138. The van der Waals surface area contributed by atoms with Gasteiger partial charge in [0.1, 0.15) is 6.10 Å². The molecule has 1 aliphatic rings. The van der Waals surface area contributed by atoms with Crippen LogP contribution in [0.2, 0.25) is 36.3 Å². The average Bonchev–Trinajstić information content (AvgIpc) is 2.92. The van der Waals surface area contributed by atoms with Crippen LogP contribution in [0.5, 0.6) is 0 Å². The quantitative estimate of drug-likeness (QED) is 0.282. The molecule has 0 aromatic rings. The van der Waals surface area contributed by atoms with E-state index in [1.165, 1.54) is 0 Å². The van der Waals surface area contributed by atoms with Crippen LogP contribution in [0.4, 0.5) is 0 Å². The van der Waals surface area contributed by atoms with E-state index in [2.05, 4.69) is 93.6 Å². The SMILES string of the molecule is C=CC[C@@]1(CC(C)C)C[C@H]([C@@H](CO[Si](C)(C)C(C)(C)C)O[Si](C)(C)C(C)(C)C)ON1. The van der Waals surface area contributed by atoms with Crippen molar-refractivity contribution in [2.75, 3.05) is 6.61 Å². The molecule has 0 unspecified atom stereocenters. The van der Waals surface area contributed by atoms with Crippen molar-refractivity contribution in [3.63, 3.8) is 0 Å². The third-order valence-corrected chi connectivity index (χ3v) is 16.4. The van der Waals surface area contributed by atoms with Gasteiger partial charge < -0.3 is 8.85 Å². The van der Waals surface area contributed by atoms with E-state index in [-0.39, 0.29) is 27.8 Å². The van der Waals surface area contributed by atoms with Gasteiger partial charge in [-0.25, -0.2) is 0 Å². The van der Waals surface area contributed by atoms with Crippen molar-refractivity contribution >= 4 is 16.6 Å². The minimum Gasteiger partial charge on any atom is -0.414 e. The summed E-state index contributed by atoms with van der Waals surface area (Å²) in [5, 5.41) is 0.317. The molecule has 0 aromatic carbocycles. The molecule has 0 aromatic heterocycles. The summed E-state index contributed by atoms with van der Waals surface area (Å²) in [5.74, 6) is 0.586. The highest BCUT2D eigenvalue weighted by atomic mass is 28.4. The topological polar surface area (TPSA) is 39.7 Å². The zero-order valence-electron chi connectivity index (χ0n) is 22.1. The van der Waals surface area contributed by atoms with Crippen molar-refractivity contribution < 1.29 is 13.7 Å². The van der Waals surface area contributed by atoms with Gasteiger partial charge in [0.05, 0.1) is 12.7 Å². The Morgan fingerprint density at radius 2 is 1.60 bits per heavy atom. The van der Waals surface area contributed by atoms with Crippen molar-refractivity contribution in [2.24, 2.45) is 5.92 Å². The summed E-state index contributed by atoms with van der Waals surface area (Å²) in [6.07, 6.45) is 4.83. The number of hydroxylamine groups is 1. The molecule has 1 aliphatic heterocycles. The Kier molecular flexibility index (Phi) is 9.23. The van der Waals surface area contributed by atoms with Gasteiger partial charge in [-0.2, -0.15) is 5.48 Å². The molecule has 1 saturated heterocycles. The molecule has 1 N–H and O–H groups in total. The molecular formula is C24H51NO3Si2. The molecule has 30 heavy (non-hydrogen) atoms. The third kappa shape index (κ3) is 7.27. The number of nitrogens with one attached hydrogen (secondary N) is 1. The molecule has 0 aliphatic carbocycles. The van der Waals surface area contributed by atoms with Gasteiger partial charge in [-0.15, -0.1) is 6.58 Å². The van der Waals surface area contributed by atoms with Gasteiger partial charge in [-0.3, -0.25) is 4.84 Å². The fourth-order valence-electron chi connectivity index (χ4n) is 3.55. The summed E-state index contributed by atoms with van der Waals surface area (Å²) in [4.78, 5) is 6.23. The monoisotopic (exact) mass is 457 g/mol. The highest BCUT2D eigenvalue weighted by Crippen LogP contribution is 2.41. The van der Waals surface area contributed by atoms with Gasteiger partial charge in [0.15, 0.2) is 16.6 Å². The predicted octanol–water partition coefficient (Wildman–Crippen LogP) is 7.05. The maximum atomic E-state index is 6.92. The van der Waals surface area contributed by atoms with Crippen LogP contribution in [0.3, 0.4) is 0 Å². The summed E-state index contributed by atoms with van der Waals surface area (Å²) in [5.41, 5.74) is 3.34. The lowest BCUT2D eigenvalue weighted by molar-refractivity contribution is -0.0606.